The highest BCUT2D eigenvalue weighted by molar-refractivity contribution is 5.56. The Hall–Kier alpha value is -0.970. The number of ether oxygens (including phenoxy) is 3. The number of aldehydes is 1. The van der Waals surface area contributed by atoms with Crippen LogP contribution in [0.4, 0.5) is 0 Å². The lowest BCUT2D eigenvalue weighted by Crippen LogP contribution is -2.64. The van der Waals surface area contributed by atoms with Crippen LogP contribution in [-0.4, -0.2) is 178 Å². The fraction of sp³-hybridized carbons (Fsp3) is 0.944. The molecule has 2 saturated heterocycles. The van der Waals surface area contributed by atoms with Crippen LogP contribution in [0.25, 0.3) is 0 Å². The SMILES string of the molecule is O=C[C@@H](O)[C@@H](O)[C@H](O)[C@H](O)CO.OC[C@H]1O[C@@H](O[C@H]2[C@H](O)[C@@H](O)[C@H](O)O[C@@H]2CO)[C@H](O)[C@@H](O)[C@H]1O. The molecular formula is C18H34O17. The van der Waals surface area contributed by atoms with Crippen LogP contribution in [0.15, 0.2) is 0 Å². The quantitative estimate of drug-likeness (QED) is 0.125. The minimum atomic E-state index is -1.79. The zero-order valence-electron chi connectivity index (χ0n) is 18.2. The monoisotopic (exact) mass is 522 g/mol. The van der Waals surface area contributed by atoms with Gasteiger partial charge in [-0.15, -0.1) is 0 Å². The van der Waals surface area contributed by atoms with Crippen molar-refractivity contribution in [2.45, 2.75) is 85.8 Å². The molecule has 0 amide bonds. The van der Waals surface area contributed by atoms with Crippen molar-refractivity contribution in [2.24, 2.45) is 0 Å². The van der Waals surface area contributed by atoms with Crippen LogP contribution in [0.1, 0.15) is 0 Å². The maximum Gasteiger partial charge on any atom is 0.187 e. The van der Waals surface area contributed by atoms with Crippen molar-refractivity contribution >= 4 is 6.29 Å². The van der Waals surface area contributed by atoms with Gasteiger partial charge in [0.2, 0.25) is 0 Å². The Bertz CT molecular complexity index is 608. The van der Waals surface area contributed by atoms with E-state index in [4.69, 9.17) is 44.8 Å². The van der Waals surface area contributed by atoms with E-state index in [-0.39, 0.29) is 6.29 Å². The number of carbonyl (C=O) groups is 1. The van der Waals surface area contributed by atoms with E-state index in [1.165, 1.54) is 0 Å². The van der Waals surface area contributed by atoms with Crippen LogP contribution in [0.5, 0.6) is 0 Å². The first-order valence-electron chi connectivity index (χ1n) is 10.4. The smallest absolute Gasteiger partial charge is 0.187 e. The van der Waals surface area contributed by atoms with Gasteiger partial charge in [-0.2, -0.15) is 0 Å². The van der Waals surface area contributed by atoms with Crippen LogP contribution in [0, 0.1) is 0 Å². The summed E-state index contributed by atoms with van der Waals surface area (Å²) >= 11 is 0. The molecule has 0 bridgehead atoms. The molecule has 14 atom stereocenters. The molecule has 17 nitrogen and oxygen atoms in total. The second-order valence-corrected chi connectivity index (χ2v) is 7.88. The third-order valence-corrected chi connectivity index (χ3v) is 5.40. The maximum atomic E-state index is 9.94. The molecule has 13 N–H and O–H groups in total. The third-order valence-electron chi connectivity index (χ3n) is 5.40. The van der Waals surface area contributed by atoms with Crippen molar-refractivity contribution in [2.75, 3.05) is 19.8 Å². The summed E-state index contributed by atoms with van der Waals surface area (Å²) in [5.74, 6) is 0. The molecule has 0 spiro atoms. The lowest BCUT2D eigenvalue weighted by Gasteiger charge is -2.45. The lowest BCUT2D eigenvalue weighted by atomic mass is 9.97. The average Bonchev–Trinajstić information content (AvgIpc) is 2.87. The molecule has 35 heavy (non-hydrogen) atoms. The van der Waals surface area contributed by atoms with Gasteiger partial charge >= 0.3 is 0 Å². The molecule has 0 aromatic heterocycles. The van der Waals surface area contributed by atoms with Crippen molar-refractivity contribution < 1.29 is 85.4 Å². The minimum absolute atomic E-state index is 0.0258. The third kappa shape index (κ3) is 8.01. The molecule has 0 aromatic rings. The number of hydrogen-bond donors (Lipinski definition) is 13. The van der Waals surface area contributed by atoms with Gasteiger partial charge in [-0.1, -0.05) is 0 Å². The summed E-state index contributed by atoms with van der Waals surface area (Å²) in [4.78, 5) is 9.90. The normalized spacial score (nSPS) is 41.2. The summed E-state index contributed by atoms with van der Waals surface area (Å²) in [6.45, 7) is -2.11. The number of hydrogen-bond acceptors (Lipinski definition) is 17. The Kier molecular flexibility index (Phi) is 13.5. The number of aliphatic hydroxyl groups is 13. The van der Waals surface area contributed by atoms with E-state index in [1.54, 1.807) is 0 Å². The predicted octanol–water partition coefficient (Wildman–Crippen LogP) is -8.78. The fourth-order valence-corrected chi connectivity index (χ4v) is 3.19. The summed E-state index contributed by atoms with van der Waals surface area (Å²) in [5, 5.41) is 120. The number of rotatable bonds is 9. The van der Waals surface area contributed by atoms with Gasteiger partial charge in [0.15, 0.2) is 18.9 Å². The highest BCUT2D eigenvalue weighted by Gasteiger charge is 2.50. The molecule has 0 saturated carbocycles. The molecule has 2 aliphatic heterocycles. The van der Waals surface area contributed by atoms with Crippen LogP contribution in [0.3, 0.4) is 0 Å². The Balaban J connectivity index is 0.000000434. The molecule has 2 heterocycles. The van der Waals surface area contributed by atoms with Gasteiger partial charge in [0.25, 0.3) is 0 Å². The standard InChI is InChI=1S/C12H22O11.C6H12O6/c13-1-3-5(15)6(16)9(19)12(22-3)23-10-4(2-14)21-11(20)8(18)7(10)17;7-1-3(9)5(11)6(12)4(10)2-8/h3-20H,1-2H2;1,3-6,8-12H,2H2/t3-,4-,5+,6+,7-,8-,9-,10-,11-,12+;3-,4-,5-,6-/m11/s1. The van der Waals surface area contributed by atoms with Gasteiger partial charge in [0.1, 0.15) is 73.2 Å². The van der Waals surface area contributed by atoms with Crippen LogP contribution in [-0.2, 0) is 19.0 Å². The molecular weight excluding hydrogens is 488 g/mol. The summed E-state index contributed by atoms with van der Waals surface area (Å²) in [5.41, 5.74) is 0. The second-order valence-electron chi connectivity index (χ2n) is 7.88. The average molecular weight is 522 g/mol. The van der Waals surface area contributed by atoms with Gasteiger partial charge in [0, 0.05) is 0 Å². The van der Waals surface area contributed by atoms with Crippen molar-refractivity contribution in [3.05, 3.63) is 0 Å². The Morgan fingerprint density at radius 2 is 1.29 bits per heavy atom. The summed E-state index contributed by atoms with van der Waals surface area (Å²) in [7, 11) is 0. The van der Waals surface area contributed by atoms with Crippen molar-refractivity contribution in [3.8, 4) is 0 Å². The summed E-state index contributed by atoms with van der Waals surface area (Å²) < 4.78 is 15.3. The molecule has 0 unspecified atom stereocenters. The lowest BCUT2D eigenvalue weighted by molar-refractivity contribution is -0.355. The van der Waals surface area contributed by atoms with Gasteiger partial charge in [-0.3, -0.25) is 0 Å². The topological polar surface area (TPSA) is 308 Å². The van der Waals surface area contributed by atoms with Gasteiger partial charge in [-0.05, 0) is 0 Å². The molecule has 0 radical (unpaired) electrons. The largest absolute Gasteiger partial charge is 0.394 e. The summed E-state index contributed by atoms with van der Waals surface area (Å²) in [6, 6.07) is 0. The van der Waals surface area contributed by atoms with Gasteiger partial charge in [0.05, 0.1) is 19.8 Å². The van der Waals surface area contributed by atoms with E-state index in [0.29, 0.717) is 0 Å². The maximum absolute atomic E-state index is 9.94. The number of aliphatic hydroxyl groups excluding tert-OH is 13. The van der Waals surface area contributed by atoms with Gasteiger partial charge < -0.3 is 85.4 Å². The first-order valence-corrected chi connectivity index (χ1v) is 10.4. The molecule has 17 heteroatoms. The van der Waals surface area contributed by atoms with Crippen molar-refractivity contribution in [1.82, 2.24) is 0 Å². The fourth-order valence-electron chi connectivity index (χ4n) is 3.19. The van der Waals surface area contributed by atoms with Gasteiger partial charge in [-0.25, -0.2) is 0 Å². The molecule has 2 fully saturated rings. The zero-order valence-corrected chi connectivity index (χ0v) is 18.2. The van der Waals surface area contributed by atoms with Crippen LogP contribution < -0.4 is 0 Å². The molecule has 0 aliphatic carbocycles. The minimum Gasteiger partial charge on any atom is -0.394 e. The highest BCUT2D eigenvalue weighted by atomic mass is 16.7. The Morgan fingerprint density at radius 3 is 1.77 bits per heavy atom. The molecule has 2 aliphatic rings. The molecule has 0 aromatic carbocycles. The van der Waals surface area contributed by atoms with E-state index in [9.17, 15) is 40.5 Å². The van der Waals surface area contributed by atoms with Crippen LogP contribution >= 0.6 is 0 Å². The highest BCUT2D eigenvalue weighted by Crippen LogP contribution is 2.28. The Labute approximate surface area is 198 Å². The van der Waals surface area contributed by atoms with Crippen molar-refractivity contribution in [3.63, 3.8) is 0 Å². The Morgan fingerprint density at radius 1 is 0.714 bits per heavy atom. The van der Waals surface area contributed by atoms with Crippen molar-refractivity contribution in [1.29, 1.82) is 0 Å². The predicted molar refractivity (Wildman–Crippen MR) is 106 cm³/mol. The second kappa shape index (κ2) is 14.7. The van der Waals surface area contributed by atoms with E-state index in [2.05, 4.69) is 0 Å². The molecule has 208 valence electrons. The van der Waals surface area contributed by atoms with E-state index < -0.39 is 106 Å². The first-order chi connectivity index (χ1) is 16.4. The molecule has 2 rings (SSSR count). The first kappa shape index (κ1) is 32.1. The number of carbonyl (C=O) groups excluding carboxylic acids is 1. The van der Waals surface area contributed by atoms with E-state index in [0.717, 1.165) is 0 Å². The van der Waals surface area contributed by atoms with E-state index >= 15 is 0 Å². The zero-order chi connectivity index (χ0) is 27.0. The van der Waals surface area contributed by atoms with E-state index in [1.807, 2.05) is 0 Å². The van der Waals surface area contributed by atoms with Crippen LogP contribution in [0.2, 0.25) is 0 Å². The summed E-state index contributed by atoms with van der Waals surface area (Å²) in [6.07, 6.45) is -22.4.